The number of hydrogen-bond acceptors (Lipinski definition) is 4. The highest BCUT2D eigenvalue weighted by molar-refractivity contribution is 5.93. The minimum atomic E-state index is -2.64. The molecule has 0 atom stereocenters. The van der Waals surface area contributed by atoms with Crippen LogP contribution in [0.3, 0.4) is 0 Å². The SMILES string of the molecule is CC(C)(C)OC(=O)c1cc(CO)ccc1OCC(F)F. The van der Waals surface area contributed by atoms with Crippen LogP contribution in [0.1, 0.15) is 36.7 Å². The average Bonchev–Trinajstić information content (AvgIpc) is 2.34. The van der Waals surface area contributed by atoms with Crippen molar-refractivity contribution in [2.24, 2.45) is 0 Å². The molecular weight excluding hydrogens is 270 g/mol. The molecule has 1 N–H and O–H groups in total. The predicted molar refractivity (Wildman–Crippen MR) is 69.0 cm³/mol. The molecule has 0 radical (unpaired) electrons. The van der Waals surface area contributed by atoms with Gasteiger partial charge in [0.1, 0.15) is 23.5 Å². The number of carbonyl (C=O) groups is 1. The van der Waals surface area contributed by atoms with Crippen molar-refractivity contribution in [3.63, 3.8) is 0 Å². The number of alkyl halides is 2. The van der Waals surface area contributed by atoms with Gasteiger partial charge < -0.3 is 14.6 Å². The first kappa shape index (κ1) is 16.4. The van der Waals surface area contributed by atoms with Gasteiger partial charge in [0, 0.05) is 0 Å². The van der Waals surface area contributed by atoms with Crippen LogP contribution in [0, 0.1) is 0 Å². The molecule has 112 valence electrons. The molecule has 4 nitrogen and oxygen atoms in total. The van der Waals surface area contributed by atoms with Crippen LogP contribution in [-0.4, -0.2) is 29.7 Å². The second-order valence-electron chi connectivity index (χ2n) is 5.19. The van der Waals surface area contributed by atoms with Crippen molar-refractivity contribution in [2.45, 2.75) is 39.4 Å². The Balaban J connectivity index is 3.02. The van der Waals surface area contributed by atoms with Gasteiger partial charge >= 0.3 is 5.97 Å². The fourth-order valence-corrected chi connectivity index (χ4v) is 1.45. The molecular formula is C14H18F2O4. The van der Waals surface area contributed by atoms with E-state index in [0.29, 0.717) is 5.56 Å². The summed E-state index contributed by atoms with van der Waals surface area (Å²) >= 11 is 0. The molecule has 0 bridgehead atoms. The van der Waals surface area contributed by atoms with Crippen molar-refractivity contribution in [3.05, 3.63) is 29.3 Å². The highest BCUT2D eigenvalue weighted by atomic mass is 19.3. The molecule has 0 fully saturated rings. The number of aliphatic hydroxyl groups excluding tert-OH is 1. The maximum absolute atomic E-state index is 12.2. The van der Waals surface area contributed by atoms with Crippen LogP contribution < -0.4 is 4.74 Å². The molecule has 0 spiro atoms. The van der Waals surface area contributed by atoms with E-state index in [1.54, 1.807) is 20.8 Å². The number of esters is 1. The van der Waals surface area contributed by atoms with E-state index in [1.807, 2.05) is 0 Å². The van der Waals surface area contributed by atoms with Crippen LogP contribution in [0.5, 0.6) is 5.75 Å². The normalized spacial score (nSPS) is 11.6. The number of hydrogen-bond donors (Lipinski definition) is 1. The zero-order chi connectivity index (χ0) is 15.3. The van der Waals surface area contributed by atoms with Crippen molar-refractivity contribution in [3.8, 4) is 5.75 Å². The molecule has 0 unspecified atom stereocenters. The van der Waals surface area contributed by atoms with Crippen molar-refractivity contribution >= 4 is 5.97 Å². The molecule has 20 heavy (non-hydrogen) atoms. The van der Waals surface area contributed by atoms with Gasteiger partial charge in [-0.25, -0.2) is 13.6 Å². The molecule has 1 aromatic carbocycles. The summed E-state index contributed by atoms with van der Waals surface area (Å²) in [5.74, 6) is -0.672. The summed E-state index contributed by atoms with van der Waals surface area (Å²) in [7, 11) is 0. The van der Waals surface area contributed by atoms with E-state index in [0.717, 1.165) is 0 Å². The second-order valence-corrected chi connectivity index (χ2v) is 5.19. The van der Waals surface area contributed by atoms with Crippen LogP contribution in [0.15, 0.2) is 18.2 Å². The van der Waals surface area contributed by atoms with Crippen LogP contribution in [0.4, 0.5) is 8.78 Å². The number of halogens is 2. The second kappa shape index (κ2) is 6.65. The minimum absolute atomic E-state index is 0.0109. The summed E-state index contributed by atoms with van der Waals surface area (Å²) < 4.78 is 34.5. The highest BCUT2D eigenvalue weighted by Gasteiger charge is 2.22. The van der Waals surface area contributed by atoms with Gasteiger partial charge in [-0.3, -0.25) is 0 Å². The lowest BCUT2D eigenvalue weighted by molar-refractivity contribution is 0.00614. The van der Waals surface area contributed by atoms with E-state index in [-0.39, 0.29) is 17.9 Å². The third-order valence-corrected chi connectivity index (χ3v) is 2.21. The summed E-state index contributed by atoms with van der Waals surface area (Å²) in [5.41, 5.74) is -0.228. The average molecular weight is 288 g/mol. The molecule has 1 aromatic rings. The summed E-state index contributed by atoms with van der Waals surface area (Å²) in [4.78, 5) is 12.0. The largest absolute Gasteiger partial charge is 0.487 e. The Hall–Kier alpha value is -1.69. The Bertz CT molecular complexity index is 467. The van der Waals surface area contributed by atoms with Crippen LogP contribution in [0.2, 0.25) is 0 Å². The molecule has 1 rings (SSSR count). The molecule has 0 aliphatic carbocycles. The number of aliphatic hydroxyl groups is 1. The van der Waals surface area contributed by atoms with Crippen LogP contribution in [-0.2, 0) is 11.3 Å². The lowest BCUT2D eigenvalue weighted by atomic mass is 10.1. The van der Waals surface area contributed by atoms with Crippen LogP contribution >= 0.6 is 0 Å². The molecule has 0 heterocycles. The third-order valence-electron chi connectivity index (χ3n) is 2.21. The van der Waals surface area contributed by atoms with Gasteiger partial charge in [0.05, 0.1) is 6.61 Å². The molecule has 0 amide bonds. The van der Waals surface area contributed by atoms with E-state index in [9.17, 15) is 13.6 Å². The first-order valence-electron chi connectivity index (χ1n) is 6.11. The minimum Gasteiger partial charge on any atom is -0.487 e. The van der Waals surface area contributed by atoms with Crippen LogP contribution in [0.25, 0.3) is 0 Å². The zero-order valence-electron chi connectivity index (χ0n) is 11.7. The van der Waals surface area contributed by atoms with Gasteiger partial charge in [0.15, 0.2) is 0 Å². The standard InChI is InChI=1S/C14H18F2O4/c1-14(2,3)20-13(18)10-6-9(7-17)4-5-11(10)19-8-12(15)16/h4-6,12,17H,7-8H2,1-3H3. The molecule has 0 aliphatic rings. The summed E-state index contributed by atoms with van der Waals surface area (Å²) in [6, 6.07) is 4.23. The fourth-order valence-electron chi connectivity index (χ4n) is 1.45. The quantitative estimate of drug-likeness (QED) is 0.846. The number of carbonyl (C=O) groups excluding carboxylic acids is 1. The molecule has 0 aliphatic heterocycles. The lowest BCUT2D eigenvalue weighted by Gasteiger charge is -2.20. The summed E-state index contributed by atoms with van der Waals surface area (Å²) in [6.45, 7) is 4.00. The fraction of sp³-hybridized carbons (Fsp3) is 0.500. The first-order valence-corrected chi connectivity index (χ1v) is 6.11. The Morgan fingerprint density at radius 3 is 2.50 bits per heavy atom. The van der Waals surface area contributed by atoms with E-state index in [4.69, 9.17) is 14.6 Å². The van der Waals surface area contributed by atoms with Gasteiger partial charge in [-0.2, -0.15) is 0 Å². The maximum atomic E-state index is 12.2. The van der Waals surface area contributed by atoms with Crippen molar-refractivity contribution in [2.75, 3.05) is 6.61 Å². The monoisotopic (exact) mass is 288 g/mol. The van der Waals surface area contributed by atoms with Crippen molar-refractivity contribution in [1.29, 1.82) is 0 Å². The topological polar surface area (TPSA) is 55.8 Å². The number of rotatable bonds is 5. The van der Waals surface area contributed by atoms with E-state index in [2.05, 4.69) is 0 Å². The first-order chi connectivity index (χ1) is 9.23. The summed E-state index contributed by atoms with van der Waals surface area (Å²) in [5, 5.41) is 9.07. The van der Waals surface area contributed by atoms with Gasteiger partial charge in [-0.15, -0.1) is 0 Å². The third kappa shape index (κ3) is 5.13. The molecule has 6 heteroatoms. The molecule has 0 saturated carbocycles. The Kier molecular flexibility index (Phi) is 5.44. The maximum Gasteiger partial charge on any atom is 0.342 e. The van der Waals surface area contributed by atoms with Gasteiger partial charge in [-0.05, 0) is 38.5 Å². The summed E-state index contributed by atoms with van der Waals surface area (Å²) in [6.07, 6.45) is -2.64. The van der Waals surface area contributed by atoms with Gasteiger partial charge in [0.25, 0.3) is 6.43 Å². The van der Waals surface area contributed by atoms with Gasteiger partial charge in [0.2, 0.25) is 0 Å². The van der Waals surface area contributed by atoms with Crippen molar-refractivity contribution < 1.29 is 28.2 Å². The number of benzene rings is 1. The lowest BCUT2D eigenvalue weighted by Crippen LogP contribution is -2.24. The van der Waals surface area contributed by atoms with E-state index >= 15 is 0 Å². The Morgan fingerprint density at radius 2 is 2.00 bits per heavy atom. The Morgan fingerprint density at radius 1 is 1.35 bits per heavy atom. The number of ether oxygens (including phenoxy) is 2. The smallest absolute Gasteiger partial charge is 0.342 e. The van der Waals surface area contributed by atoms with E-state index < -0.39 is 24.6 Å². The molecule has 0 saturated heterocycles. The predicted octanol–water partition coefficient (Wildman–Crippen LogP) is 2.78. The van der Waals surface area contributed by atoms with Crippen molar-refractivity contribution in [1.82, 2.24) is 0 Å². The highest BCUT2D eigenvalue weighted by Crippen LogP contribution is 2.24. The van der Waals surface area contributed by atoms with Gasteiger partial charge in [-0.1, -0.05) is 6.07 Å². The van der Waals surface area contributed by atoms with E-state index in [1.165, 1.54) is 18.2 Å². The molecule has 0 aromatic heterocycles. The zero-order valence-corrected chi connectivity index (χ0v) is 11.7. The Labute approximate surface area is 116 Å².